The lowest BCUT2D eigenvalue weighted by Crippen LogP contribution is -3.15. The number of nitrogens with one attached hydrogen (secondary N) is 1. The largest absolute Gasteiger partial charge is 0.494 e. The van der Waals surface area contributed by atoms with Crippen LogP contribution in [0.1, 0.15) is 26.7 Å². The van der Waals surface area contributed by atoms with Crippen LogP contribution in [0.4, 0.5) is 0 Å². The summed E-state index contributed by atoms with van der Waals surface area (Å²) in [6.45, 7) is 8.65. The molecular weight excluding hydrogens is 286 g/mol. The Morgan fingerprint density at radius 2 is 1.74 bits per heavy atom. The lowest BCUT2D eigenvalue weighted by atomic mass is 10.1. The van der Waals surface area contributed by atoms with E-state index < -0.39 is 0 Å². The van der Waals surface area contributed by atoms with Gasteiger partial charge in [0.25, 0.3) is 0 Å². The molecule has 1 fully saturated rings. The van der Waals surface area contributed by atoms with Crippen LogP contribution in [0, 0.1) is 0 Å². The fraction of sp³-hybridized carbons (Fsp3) is 0.500. The quantitative estimate of drug-likeness (QED) is 0.829. The molecule has 2 atom stereocenters. The van der Waals surface area contributed by atoms with Crippen molar-refractivity contribution in [2.75, 3.05) is 26.2 Å². The normalized spacial score (nSPS) is 24.7. The maximum atomic E-state index is 5.91. The maximum Gasteiger partial charge on any atom is 0.119 e. The van der Waals surface area contributed by atoms with Gasteiger partial charge < -0.3 is 14.4 Å². The molecule has 3 nitrogen and oxygen atoms in total. The topological polar surface area (TPSA) is 22.9 Å². The molecule has 0 spiro atoms. The van der Waals surface area contributed by atoms with Crippen molar-refractivity contribution in [2.45, 2.75) is 38.9 Å². The standard InChI is InChI=1S/C20H27NO2/c1-16-14-21(15-17(2)23-16)11-5-6-12-22-20-10-9-18-7-3-4-8-19(18)13-20/h3-4,7-10,13,16-17H,5-6,11-12,14-15H2,1-2H3/p+1/t16-,17-/m0/s1. The van der Waals surface area contributed by atoms with Crippen LogP contribution in [-0.4, -0.2) is 38.4 Å². The Balaban J connectivity index is 1.39. The number of benzene rings is 2. The lowest BCUT2D eigenvalue weighted by Gasteiger charge is -2.32. The third-order valence-corrected chi connectivity index (χ3v) is 4.53. The van der Waals surface area contributed by atoms with Gasteiger partial charge >= 0.3 is 0 Å². The van der Waals surface area contributed by atoms with E-state index in [-0.39, 0.29) is 0 Å². The molecule has 0 amide bonds. The molecule has 1 aliphatic heterocycles. The molecule has 3 heteroatoms. The van der Waals surface area contributed by atoms with Gasteiger partial charge in [-0.15, -0.1) is 0 Å². The van der Waals surface area contributed by atoms with E-state index in [2.05, 4.69) is 56.3 Å². The molecule has 1 saturated heterocycles. The van der Waals surface area contributed by atoms with Gasteiger partial charge in [-0.2, -0.15) is 0 Å². The van der Waals surface area contributed by atoms with Crippen LogP contribution in [0.2, 0.25) is 0 Å². The zero-order chi connectivity index (χ0) is 16.1. The first-order chi connectivity index (χ1) is 11.2. The van der Waals surface area contributed by atoms with Gasteiger partial charge in [0.05, 0.1) is 13.2 Å². The van der Waals surface area contributed by atoms with Crippen molar-refractivity contribution >= 4 is 10.8 Å². The van der Waals surface area contributed by atoms with E-state index in [1.807, 2.05) is 0 Å². The highest BCUT2D eigenvalue weighted by atomic mass is 16.5. The Morgan fingerprint density at radius 1 is 1.00 bits per heavy atom. The molecule has 2 aromatic carbocycles. The second-order valence-electron chi connectivity index (χ2n) is 6.73. The first-order valence-electron chi connectivity index (χ1n) is 8.81. The van der Waals surface area contributed by atoms with Gasteiger partial charge in [0, 0.05) is 0 Å². The van der Waals surface area contributed by atoms with E-state index in [4.69, 9.17) is 9.47 Å². The summed E-state index contributed by atoms with van der Waals surface area (Å²) in [5.74, 6) is 0.977. The number of rotatable bonds is 6. The van der Waals surface area contributed by atoms with Gasteiger partial charge in [-0.25, -0.2) is 0 Å². The van der Waals surface area contributed by atoms with E-state index in [1.54, 1.807) is 4.90 Å². The lowest BCUT2D eigenvalue weighted by molar-refractivity contribution is -0.915. The highest BCUT2D eigenvalue weighted by molar-refractivity contribution is 5.83. The molecule has 0 saturated carbocycles. The van der Waals surface area contributed by atoms with E-state index in [1.165, 1.54) is 23.7 Å². The summed E-state index contributed by atoms with van der Waals surface area (Å²) in [5.41, 5.74) is 0. The molecule has 23 heavy (non-hydrogen) atoms. The van der Waals surface area contributed by atoms with Gasteiger partial charge in [0.2, 0.25) is 0 Å². The molecule has 0 bridgehead atoms. The van der Waals surface area contributed by atoms with Crippen LogP contribution >= 0.6 is 0 Å². The van der Waals surface area contributed by atoms with Crippen molar-refractivity contribution in [2.24, 2.45) is 0 Å². The van der Waals surface area contributed by atoms with Gasteiger partial charge in [0.1, 0.15) is 31.0 Å². The van der Waals surface area contributed by atoms with Crippen LogP contribution < -0.4 is 9.64 Å². The predicted molar refractivity (Wildman–Crippen MR) is 94.2 cm³/mol. The number of ether oxygens (including phenoxy) is 2. The molecule has 3 rings (SSSR count). The van der Waals surface area contributed by atoms with E-state index in [0.717, 1.165) is 31.9 Å². The molecule has 1 N–H and O–H groups in total. The second kappa shape index (κ2) is 7.80. The summed E-state index contributed by atoms with van der Waals surface area (Å²) in [5, 5.41) is 2.50. The van der Waals surface area contributed by atoms with Crippen molar-refractivity contribution in [3.63, 3.8) is 0 Å². The molecule has 0 aliphatic carbocycles. The van der Waals surface area contributed by atoms with Gasteiger partial charge in [0.15, 0.2) is 0 Å². The molecule has 0 unspecified atom stereocenters. The SMILES string of the molecule is C[C@H]1C[NH+](CCCCOc2ccc3ccccc3c2)C[C@H](C)O1. The van der Waals surface area contributed by atoms with Crippen molar-refractivity contribution in [3.05, 3.63) is 42.5 Å². The average molecular weight is 314 g/mol. The Morgan fingerprint density at radius 3 is 2.52 bits per heavy atom. The van der Waals surface area contributed by atoms with Gasteiger partial charge in [-0.1, -0.05) is 30.3 Å². The molecule has 0 aromatic heterocycles. The Bertz CT molecular complexity index is 618. The number of quaternary nitrogens is 1. The van der Waals surface area contributed by atoms with Crippen LogP contribution in [0.25, 0.3) is 10.8 Å². The molecule has 2 aromatic rings. The molecule has 0 radical (unpaired) electrons. The molecule has 1 heterocycles. The van der Waals surface area contributed by atoms with Crippen molar-refractivity contribution < 1.29 is 14.4 Å². The highest BCUT2D eigenvalue weighted by Gasteiger charge is 2.24. The maximum absolute atomic E-state index is 5.91. The fourth-order valence-electron chi connectivity index (χ4n) is 3.52. The predicted octanol–water partition coefficient (Wildman–Crippen LogP) is 2.69. The first-order valence-corrected chi connectivity index (χ1v) is 8.81. The monoisotopic (exact) mass is 314 g/mol. The summed E-state index contributed by atoms with van der Waals surface area (Å²) in [6, 6.07) is 14.7. The average Bonchev–Trinajstić information content (AvgIpc) is 2.53. The van der Waals surface area contributed by atoms with Crippen molar-refractivity contribution in [1.82, 2.24) is 0 Å². The zero-order valence-electron chi connectivity index (χ0n) is 14.3. The summed E-state index contributed by atoms with van der Waals surface area (Å²) in [6.07, 6.45) is 3.10. The summed E-state index contributed by atoms with van der Waals surface area (Å²) in [4.78, 5) is 1.67. The Labute approximate surface area is 139 Å². The minimum absolute atomic E-state index is 0.391. The first kappa shape index (κ1) is 16.3. The number of fused-ring (bicyclic) bond motifs is 1. The number of hydrogen-bond acceptors (Lipinski definition) is 2. The van der Waals surface area contributed by atoms with Crippen LogP contribution in [0.5, 0.6) is 5.75 Å². The molecular formula is C20H28NO2+. The third-order valence-electron chi connectivity index (χ3n) is 4.53. The molecule has 1 aliphatic rings. The molecule has 124 valence electrons. The smallest absolute Gasteiger partial charge is 0.119 e. The third kappa shape index (κ3) is 4.69. The van der Waals surface area contributed by atoms with E-state index in [0.29, 0.717) is 12.2 Å². The summed E-state index contributed by atoms with van der Waals surface area (Å²) < 4.78 is 11.7. The van der Waals surface area contributed by atoms with Crippen LogP contribution in [-0.2, 0) is 4.74 Å². The van der Waals surface area contributed by atoms with Gasteiger partial charge in [-0.05, 0) is 49.6 Å². The summed E-state index contributed by atoms with van der Waals surface area (Å²) >= 11 is 0. The van der Waals surface area contributed by atoms with Crippen molar-refractivity contribution in [3.8, 4) is 5.75 Å². The number of unbranched alkanes of at least 4 members (excludes halogenated alkanes) is 1. The number of morpholine rings is 1. The Hall–Kier alpha value is -1.58. The minimum atomic E-state index is 0.391. The van der Waals surface area contributed by atoms with Gasteiger partial charge in [-0.3, -0.25) is 0 Å². The zero-order valence-corrected chi connectivity index (χ0v) is 14.3. The highest BCUT2D eigenvalue weighted by Crippen LogP contribution is 2.20. The van der Waals surface area contributed by atoms with Crippen LogP contribution in [0.3, 0.4) is 0 Å². The summed E-state index contributed by atoms with van der Waals surface area (Å²) in [7, 11) is 0. The second-order valence-corrected chi connectivity index (χ2v) is 6.73. The van der Waals surface area contributed by atoms with E-state index in [9.17, 15) is 0 Å². The minimum Gasteiger partial charge on any atom is -0.494 e. The van der Waals surface area contributed by atoms with E-state index >= 15 is 0 Å². The van der Waals surface area contributed by atoms with Crippen LogP contribution in [0.15, 0.2) is 42.5 Å². The number of hydrogen-bond donors (Lipinski definition) is 1. The van der Waals surface area contributed by atoms with Crippen molar-refractivity contribution in [1.29, 1.82) is 0 Å². The Kier molecular flexibility index (Phi) is 5.52. The fourth-order valence-corrected chi connectivity index (χ4v) is 3.52.